The quantitative estimate of drug-likeness (QED) is 0.633. The number of rotatable bonds is 2. The minimum Gasteiger partial charge on any atom is -0.295 e. The fourth-order valence-corrected chi connectivity index (χ4v) is 1.64. The summed E-state index contributed by atoms with van der Waals surface area (Å²) in [5, 5.41) is 0. The number of carbonyl (C=O) groups excluding carboxylic acids is 1. The summed E-state index contributed by atoms with van der Waals surface area (Å²) in [6.07, 6.45) is 1.03. The molecule has 0 bridgehead atoms. The molecule has 0 fully saturated rings. The van der Waals surface area contributed by atoms with E-state index in [1.165, 1.54) is 11.1 Å². The highest BCUT2D eigenvalue weighted by atomic mass is 16.1. The lowest BCUT2D eigenvalue weighted by atomic mass is 9.97. The lowest BCUT2D eigenvalue weighted by molar-refractivity contribution is 0.101. The van der Waals surface area contributed by atoms with E-state index >= 15 is 0 Å². The summed E-state index contributed by atoms with van der Waals surface area (Å²) in [6, 6.07) is 4.11. The molecule has 0 radical (unpaired) electrons. The topological polar surface area (TPSA) is 17.1 Å². The standard InChI is InChI=1S/C12H16O/c1-5-11-6-9(3)12(10(4)13)7-8(11)2/h6-7H,5H2,1-4H3. The van der Waals surface area contributed by atoms with Gasteiger partial charge in [-0.15, -0.1) is 0 Å². The van der Waals surface area contributed by atoms with Crippen LogP contribution in [0.5, 0.6) is 0 Å². The van der Waals surface area contributed by atoms with E-state index in [1.54, 1.807) is 6.92 Å². The highest BCUT2D eigenvalue weighted by molar-refractivity contribution is 5.95. The van der Waals surface area contributed by atoms with Gasteiger partial charge >= 0.3 is 0 Å². The number of Topliss-reactive ketones (excluding diaryl/α,β-unsaturated/α-hetero) is 1. The fourth-order valence-electron chi connectivity index (χ4n) is 1.64. The number of carbonyl (C=O) groups is 1. The molecule has 0 heterocycles. The molecule has 13 heavy (non-hydrogen) atoms. The van der Waals surface area contributed by atoms with E-state index in [1.807, 2.05) is 13.0 Å². The van der Waals surface area contributed by atoms with Crippen LogP contribution in [-0.2, 0) is 6.42 Å². The molecule has 70 valence electrons. The van der Waals surface area contributed by atoms with Crippen molar-refractivity contribution >= 4 is 5.78 Å². The van der Waals surface area contributed by atoms with Gasteiger partial charge in [-0.05, 0) is 49.9 Å². The third-order valence-electron chi connectivity index (χ3n) is 2.44. The van der Waals surface area contributed by atoms with Crippen LogP contribution in [0.15, 0.2) is 12.1 Å². The van der Waals surface area contributed by atoms with Crippen molar-refractivity contribution in [2.75, 3.05) is 0 Å². The van der Waals surface area contributed by atoms with E-state index in [2.05, 4.69) is 19.9 Å². The van der Waals surface area contributed by atoms with Gasteiger partial charge in [-0.25, -0.2) is 0 Å². The van der Waals surface area contributed by atoms with E-state index in [9.17, 15) is 4.79 Å². The highest BCUT2D eigenvalue weighted by Crippen LogP contribution is 2.16. The molecule has 0 saturated heterocycles. The van der Waals surface area contributed by atoms with Crippen molar-refractivity contribution in [3.63, 3.8) is 0 Å². The Kier molecular flexibility index (Phi) is 2.86. The van der Waals surface area contributed by atoms with Gasteiger partial charge < -0.3 is 0 Å². The Hall–Kier alpha value is -1.11. The van der Waals surface area contributed by atoms with Gasteiger partial charge in [0.2, 0.25) is 0 Å². The lowest BCUT2D eigenvalue weighted by Crippen LogP contribution is -1.99. The maximum absolute atomic E-state index is 11.2. The molecule has 0 aliphatic carbocycles. The Labute approximate surface area is 79.8 Å². The maximum Gasteiger partial charge on any atom is 0.160 e. The highest BCUT2D eigenvalue weighted by Gasteiger charge is 2.06. The normalized spacial score (nSPS) is 10.2. The number of hydrogen-bond donors (Lipinski definition) is 0. The Bertz CT molecular complexity index is 337. The molecule has 0 aliphatic heterocycles. The van der Waals surface area contributed by atoms with Crippen LogP contribution in [0, 0.1) is 13.8 Å². The van der Waals surface area contributed by atoms with Gasteiger partial charge in [0.05, 0.1) is 0 Å². The van der Waals surface area contributed by atoms with Gasteiger partial charge in [-0.2, -0.15) is 0 Å². The van der Waals surface area contributed by atoms with Crippen LogP contribution in [0.2, 0.25) is 0 Å². The SMILES string of the molecule is CCc1cc(C)c(C(C)=O)cc1C. The van der Waals surface area contributed by atoms with Crippen molar-refractivity contribution in [1.29, 1.82) is 0 Å². The van der Waals surface area contributed by atoms with Crippen molar-refractivity contribution in [2.24, 2.45) is 0 Å². The van der Waals surface area contributed by atoms with Crippen LogP contribution in [0.25, 0.3) is 0 Å². The van der Waals surface area contributed by atoms with Crippen molar-refractivity contribution in [3.8, 4) is 0 Å². The van der Waals surface area contributed by atoms with Crippen molar-refractivity contribution in [3.05, 3.63) is 34.4 Å². The molecule has 0 spiro atoms. The number of benzene rings is 1. The van der Waals surface area contributed by atoms with Gasteiger partial charge in [0.25, 0.3) is 0 Å². The lowest BCUT2D eigenvalue weighted by Gasteiger charge is -2.08. The summed E-state index contributed by atoms with van der Waals surface area (Å²) in [5.41, 5.74) is 4.51. The van der Waals surface area contributed by atoms with E-state index in [-0.39, 0.29) is 5.78 Å². The summed E-state index contributed by atoms with van der Waals surface area (Å²) < 4.78 is 0. The third-order valence-corrected chi connectivity index (χ3v) is 2.44. The average molecular weight is 176 g/mol. The van der Waals surface area contributed by atoms with Crippen LogP contribution in [0.4, 0.5) is 0 Å². The summed E-state index contributed by atoms with van der Waals surface area (Å²) in [6.45, 7) is 7.81. The predicted molar refractivity (Wildman–Crippen MR) is 55.3 cm³/mol. The zero-order chi connectivity index (χ0) is 10.0. The third kappa shape index (κ3) is 1.97. The molecule has 1 aromatic carbocycles. The van der Waals surface area contributed by atoms with Crippen molar-refractivity contribution < 1.29 is 4.79 Å². The monoisotopic (exact) mass is 176 g/mol. The van der Waals surface area contributed by atoms with Crippen LogP contribution in [0.3, 0.4) is 0 Å². The number of hydrogen-bond acceptors (Lipinski definition) is 1. The minimum absolute atomic E-state index is 0.156. The zero-order valence-electron chi connectivity index (χ0n) is 8.77. The summed E-state index contributed by atoms with van der Waals surface area (Å²) in [7, 11) is 0. The molecule has 0 unspecified atom stereocenters. The van der Waals surface area contributed by atoms with E-state index in [0.29, 0.717) is 0 Å². The van der Waals surface area contributed by atoms with Crippen LogP contribution in [-0.4, -0.2) is 5.78 Å². The van der Waals surface area contributed by atoms with E-state index in [0.717, 1.165) is 17.5 Å². The Morgan fingerprint density at radius 3 is 2.31 bits per heavy atom. The molecule has 0 N–H and O–H groups in total. The zero-order valence-corrected chi connectivity index (χ0v) is 8.77. The van der Waals surface area contributed by atoms with Gasteiger partial charge in [0.15, 0.2) is 5.78 Å². The predicted octanol–water partition coefficient (Wildman–Crippen LogP) is 3.07. The molecule has 1 heteroatoms. The van der Waals surface area contributed by atoms with Gasteiger partial charge in [-0.1, -0.05) is 13.0 Å². The first kappa shape index (κ1) is 9.97. The van der Waals surface area contributed by atoms with E-state index < -0.39 is 0 Å². The molecular formula is C12H16O. The second-order valence-corrected chi connectivity index (χ2v) is 3.50. The fraction of sp³-hybridized carbons (Fsp3) is 0.417. The minimum atomic E-state index is 0.156. The largest absolute Gasteiger partial charge is 0.295 e. The smallest absolute Gasteiger partial charge is 0.160 e. The molecule has 1 aromatic rings. The van der Waals surface area contributed by atoms with Crippen molar-refractivity contribution in [2.45, 2.75) is 34.1 Å². The van der Waals surface area contributed by atoms with Crippen LogP contribution >= 0.6 is 0 Å². The average Bonchev–Trinajstić information content (AvgIpc) is 2.07. The molecule has 0 aliphatic rings. The number of ketones is 1. The summed E-state index contributed by atoms with van der Waals surface area (Å²) in [4.78, 5) is 11.2. The second-order valence-electron chi connectivity index (χ2n) is 3.50. The summed E-state index contributed by atoms with van der Waals surface area (Å²) >= 11 is 0. The van der Waals surface area contributed by atoms with Crippen LogP contribution in [0.1, 0.15) is 40.9 Å². The first-order chi connectivity index (χ1) is 6.06. The molecule has 1 nitrogen and oxygen atoms in total. The molecule has 0 saturated carbocycles. The molecule has 0 atom stereocenters. The molecule has 0 aromatic heterocycles. The van der Waals surface area contributed by atoms with Gasteiger partial charge in [0, 0.05) is 5.56 Å². The Morgan fingerprint density at radius 1 is 1.23 bits per heavy atom. The van der Waals surface area contributed by atoms with Gasteiger partial charge in [-0.3, -0.25) is 4.79 Å². The Balaban J connectivity index is 3.28. The van der Waals surface area contributed by atoms with Crippen molar-refractivity contribution in [1.82, 2.24) is 0 Å². The Morgan fingerprint density at radius 2 is 1.85 bits per heavy atom. The molecule has 0 amide bonds. The first-order valence-electron chi connectivity index (χ1n) is 4.67. The van der Waals surface area contributed by atoms with Gasteiger partial charge in [0.1, 0.15) is 0 Å². The number of aryl methyl sites for hydroxylation is 3. The molecular weight excluding hydrogens is 160 g/mol. The maximum atomic E-state index is 11.2. The van der Waals surface area contributed by atoms with E-state index in [4.69, 9.17) is 0 Å². The second kappa shape index (κ2) is 3.73. The molecule has 1 rings (SSSR count). The first-order valence-corrected chi connectivity index (χ1v) is 4.67. The summed E-state index contributed by atoms with van der Waals surface area (Å²) in [5.74, 6) is 0.156. The van der Waals surface area contributed by atoms with Crippen LogP contribution < -0.4 is 0 Å².